The smallest absolute Gasteiger partial charge is 0.300 e. The molecule has 126 valence electrons. The van der Waals surface area contributed by atoms with E-state index in [1.165, 1.54) is 70.6 Å². The predicted octanol–water partition coefficient (Wildman–Crippen LogP) is 5.33. The minimum absolute atomic E-state index is 0.362. The Morgan fingerprint density at radius 1 is 0.810 bits per heavy atom. The van der Waals surface area contributed by atoms with Crippen LogP contribution in [0.25, 0.3) is 0 Å². The second-order valence-electron chi connectivity index (χ2n) is 5.47. The molecule has 0 atom stereocenters. The van der Waals surface area contributed by atoms with Gasteiger partial charge < -0.3 is 10.2 Å². The number of hydrogen-bond acceptors (Lipinski definition) is 2. The number of carboxylic acids is 1. The largest absolute Gasteiger partial charge is 0.481 e. The van der Waals surface area contributed by atoms with E-state index < -0.39 is 5.97 Å². The van der Waals surface area contributed by atoms with E-state index in [4.69, 9.17) is 15.0 Å². The third-order valence-corrected chi connectivity index (χ3v) is 3.17. The molecule has 2 N–H and O–H groups in total. The summed E-state index contributed by atoms with van der Waals surface area (Å²) in [7, 11) is 0. The molecule has 0 saturated carbocycles. The lowest BCUT2D eigenvalue weighted by Gasteiger charge is -1.98. The second kappa shape index (κ2) is 21.5. The van der Waals surface area contributed by atoms with E-state index >= 15 is 0 Å². The lowest BCUT2D eigenvalue weighted by atomic mass is 10.1. The zero-order valence-corrected chi connectivity index (χ0v) is 14.1. The fourth-order valence-electron chi connectivity index (χ4n) is 2.01. The molecule has 21 heavy (non-hydrogen) atoms. The van der Waals surface area contributed by atoms with Gasteiger partial charge in [0, 0.05) is 13.5 Å². The van der Waals surface area contributed by atoms with Crippen LogP contribution in [0.4, 0.5) is 0 Å². The molecule has 0 spiro atoms. The molecule has 0 aromatic heterocycles. The Balaban J connectivity index is 0. The summed E-state index contributed by atoms with van der Waals surface area (Å²) >= 11 is 0. The lowest BCUT2D eigenvalue weighted by molar-refractivity contribution is -0.134. The Bertz CT molecular complexity index is 221. The highest BCUT2D eigenvalue weighted by Gasteiger charge is 1.89. The van der Waals surface area contributed by atoms with Crippen molar-refractivity contribution in [1.82, 2.24) is 0 Å². The molecular formula is C18H36O3. The van der Waals surface area contributed by atoms with Gasteiger partial charge in [0.05, 0.1) is 0 Å². The standard InChI is InChI=1S/C16H32O.C2H4O2/c1-2-3-4-5-6-7-8-9-10-11-12-13-14-15-16-17;1-2(3)4/h7-8,17H,2-6,9-16H2,1H3;1H3,(H,3,4)/b8-7-;. The highest BCUT2D eigenvalue weighted by molar-refractivity contribution is 5.62. The van der Waals surface area contributed by atoms with E-state index in [-0.39, 0.29) is 0 Å². The van der Waals surface area contributed by atoms with Gasteiger partial charge in [-0.3, -0.25) is 4.79 Å². The molecule has 0 aliphatic heterocycles. The highest BCUT2D eigenvalue weighted by Crippen LogP contribution is 2.08. The number of carboxylic acid groups (broad SMARTS) is 1. The van der Waals surface area contributed by atoms with Crippen molar-refractivity contribution in [2.75, 3.05) is 6.61 Å². The summed E-state index contributed by atoms with van der Waals surface area (Å²) in [6.07, 6.45) is 20.2. The van der Waals surface area contributed by atoms with Crippen LogP contribution in [0, 0.1) is 0 Å². The van der Waals surface area contributed by atoms with E-state index in [9.17, 15) is 0 Å². The van der Waals surface area contributed by atoms with Gasteiger partial charge in [0.25, 0.3) is 5.97 Å². The lowest BCUT2D eigenvalue weighted by Crippen LogP contribution is -1.83. The molecule has 0 rings (SSSR count). The molecule has 0 amide bonds. The van der Waals surface area contributed by atoms with Crippen molar-refractivity contribution in [2.24, 2.45) is 0 Å². The quantitative estimate of drug-likeness (QED) is 0.357. The Kier molecular flexibility index (Phi) is 23.0. The molecule has 0 unspecified atom stereocenters. The van der Waals surface area contributed by atoms with Crippen molar-refractivity contribution in [2.45, 2.75) is 90.9 Å². The molecule has 0 radical (unpaired) electrons. The first kappa shape index (κ1) is 22.5. The van der Waals surface area contributed by atoms with Gasteiger partial charge in [-0.15, -0.1) is 0 Å². The number of unbranched alkanes of at least 4 members (excludes halogenated alkanes) is 10. The van der Waals surface area contributed by atoms with Crippen molar-refractivity contribution < 1.29 is 15.0 Å². The van der Waals surface area contributed by atoms with Crippen molar-refractivity contribution in [3.05, 3.63) is 12.2 Å². The van der Waals surface area contributed by atoms with Crippen LogP contribution in [-0.2, 0) is 4.79 Å². The summed E-state index contributed by atoms with van der Waals surface area (Å²) in [5.74, 6) is -0.833. The molecule has 0 aliphatic rings. The van der Waals surface area contributed by atoms with Crippen LogP contribution < -0.4 is 0 Å². The van der Waals surface area contributed by atoms with E-state index in [0.717, 1.165) is 13.3 Å². The molecule has 0 aliphatic carbocycles. The number of aliphatic hydroxyl groups is 1. The Morgan fingerprint density at radius 2 is 1.19 bits per heavy atom. The van der Waals surface area contributed by atoms with Crippen LogP contribution in [-0.4, -0.2) is 22.8 Å². The first-order valence-electron chi connectivity index (χ1n) is 8.60. The predicted molar refractivity (Wildman–Crippen MR) is 90.6 cm³/mol. The zero-order chi connectivity index (χ0) is 16.2. The van der Waals surface area contributed by atoms with Gasteiger partial charge >= 0.3 is 0 Å². The number of carbonyl (C=O) groups is 1. The van der Waals surface area contributed by atoms with Crippen molar-refractivity contribution in [3.63, 3.8) is 0 Å². The first-order valence-corrected chi connectivity index (χ1v) is 8.60. The van der Waals surface area contributed by atoms with Gasteiger partial charge in [-0.05, 0) is 32.1 Å². The zero-order valence-electron chi connectivity index (χ0n) is 14.1. The van der Waals surface area contributed by atoms with Crippen LogP contribution in [0.2, 0.25) is 0 Å². The molecule has 3 heteroatoms. The Hall–Kier alpha value is -0.830. The number of aliphatic carboxylic acids is 1. The summed E-state index contributed by atoms with van der Waals surface area (Å²) in [6.45, 7) is 3.71. The summed E-state index contributed by atoms with van der Waals surface area (Å²) in [6, 6.07) is 0. The van der Waals surface area contributed by atoms with E-state index in [1.54, 1.807) is 0 Å². The third-order valence-electron chi connectivity index (χ3n) is 3.17. The molecule has 0 heterocycles. The third kappa shape index (κ3) is 32.6. The SMILES string of the molecule is CC(=O)O.CCCCCC/C=C\CCCCCCCCO. The molecule has 0 aromatic rings. The van der Waals surface area contributed by atoms with Crippen molar-refractivity contribution in [1.29, 1.82) is 0 Å². The summed E-state index contributed by atoms with van der Waals surface area (Å²) in [5, 5.41) is 16.1. The molecule has 0 fully saturated rings. The van der Waals surface area contributed by atoms with Gasteiger partial charge in [-0.2, -0.15) is 0 Å². The van der Waals surface area contributed by atoms with Gasteiger partial charge in [-0.25, -0.2) is 0 Å². The van der Waals surface area contributed by atoms with Gasteiger partial charge in [0.2, 0.25) is 0 Å². The maximum atomic E-state index is 9.00. The highest BCUT2D eigenvalue weighted by atomic mass is 16.4. The molecule has 0 saturated heterocycles. The second-order valence-corrected chi connectivity index (χ2v) is 5.47. The van der Waals surface area contributed by atoms with Crippen LogP contribution >= 0.6 is 0 Å². The van der Waals surface area contributed by atoms with Gasteiger partial charge in [0.15, 0.2) is 0 Å². The van der Waals surface area contributed by atoms with Crippen LogP contribution in [0.5, 0.6) is 0 Å². The molecule has 3 nitrogen and oxygen atoms in total. The molecule has 0 bridgehead atoms. The summed E-state index contributed by atoms with van der Waals surface area (Å²) < 4.78 is 0. The average molecular weight is 300 g/mol. The fourth-order valence-corrected chi connectivity index (χ4v) is 2.01. The topological polar surface area (TPSA) is 57.5 Å². The maximum absolute atomic E-state index is 9.00. The Labute approximate surface area is 131 Å². The van der Waals surface area contributed by atoms with Crippen molar-refractivity contribution in [3.8, 4) is 0 Å². The van der Waals surface area contributed by atoms with Crippen LogP contribution in [0.1, 0.15) is 90.9 Å². The minimum Gasteiger partial charge on any atom is -0.481 e. The number of hydrogen-bond donors (Lipinski definition) is 2. The normalized spacial score (nSPS) is 10.4. The number of rotatable bonds is 13. The fraction of sp³-hybridized carbons (Fsp3) is 0.833. The average Bonchev–Trinajstić information content (AvgIpc) is 2.43. The number of allylic oxidation sites excluding steroid dienone is 2. The van der Waals surface area contributed by atoms with E-state index in [2.05, 4.69) is 19.1 Å². The molecular weight excluding hydrogens is 264 g/mol. The van der Waals surface area contributed by atoms with Crippen LogP contribution in [0.3, 0.4) is 0 Å². The maximum Gasteiger partial charge on any atom is 0.300 e. The summed E-state index contributed by atoms with van der Waals surface area (Å²) in [5.41, 5.74) is 0. The monoisotopic (exact) mass is 300 g/mol. The first-order chi connectivity index (χ1) is 10.1. The minimum atomic E-state index is -0.833. The van der Waals surface area contributed by atoms with Crippen LogP contribution in [0.15, 0.2) is 12.2 Å². The summed E-state index contributed by atoms with van der Waals surface area (Å²) in [4.78, 5) is 9.00. The van der Waals surface area contributed by atoms with Gasteiger partial charge in [0.1, 0.15) is 0 Å². The Morgan fingerprint density at radius 3 is 1.62 bits per heavy atom. The van der Waals surface area contributed by atoms with Gasteiger partial charge in [-0.1, -0.05) is 64.0 Å². The number of aliphatic hydroxyl groups excluding tert-OH is 1. The van der Waals surface area contributed by atoms with Crippen molar-refractivity contribution >= 4 is 5.97 Å². The van der Waals surface area contributed by atoms with E-state index in [0.29, 0.717) is 6.61 Å². The van der Waals surface area contributed by atoms with E-state index in [1.807, 2.05) is 0 Å². The molecule has 0 aromatic carbocycles.